The van der Waals surface area contributed by atoms with Crippen LogP contribution < -0.4 is 5.32 Å². The van der Waals surface area contributed by atoms with Crippen molar-refractivity contribution in [1.29, 1.82) is 0 Å². The van der Waals surface area contributed by atoms with E-state index >= 15 is 0 Å². The second kappa shape index (κ2) is 7.53. The molecule has 0 bridgehead atoms. The van der Waals surface area contributed by atoms with Crippen LogP contribution in [0, 0.1) is 5.82 Å². The van der Waals surface area contributed by atoms with E-state index in [9.17, 15) is 4.39 Å². The third-order valence-corrected chi connectivity index (χ3v) is 4.78. The fraction of sp³-hybridized carbons (Fsp3) is 0.150. The summed E-state index contributed by atoms with van der Waals surface area (Å²) >= 11 is 6.15. The number of anilines is 1. The van der Waals surface area contributed by atoms with E-state index in [1.54, 1.807) is 22.7 Å². The van der Waals surface area contributed by atoms with Crippen LogP contribution in [0.5, 0.6) is 0 Å². The van der Waals surface area contributed by atoms with Gasteiger partial charge in [0, 0.05) is 6.20 Å². The van der Waals surface area contributed by atoms with Crippen LogP contribution in [-0.4, -0.2) is 24.5 Å². The highest BCUT2D eigenvalue weighted by atomic mass is 35.5. The van der Waals surface area contributed by atoms with E-state index in [2.05, 4.69) is 20.3 Å². The number of hydrogen-bond donors (Lipinski definition) is 2. The van der Waals surface area contributed by atoms with Crippen LogP contribution in [0.3, 0.4) is 0 Å². The maximum atomic E-state index is 14.5. The van der Waals surface area contributed by atoms with Gasteiger partial charge in [0.1, 0.15) is 5.69 Å². The van der Waals surface area contributed by atoms with Crippen molar-refractivity contribution in [2.75, 3.05) is 5.32 Å². The normalized spacial score (nSPS) is 12.3. The molecule has 0 saturated heterocycles. The molecule has 6 nitrogen and oxygen atoms in total. The second-order valence-corrected chi connectivity index (χ2v) is 6.76. The Labute approximate surface area is 165 Å². The van der Waals surface area contributed by atoms with Crippen LogP contribution in [0.2, 0.25) is 5.02 Å². The number of hydrogen-bond acceptors (Lipinski definition) is 5. The van der Waals surface area contributed by atoms with Crippen molar-refractivity contribution < 1.29 is 9.50 Å². The topological polar surface area (TPSA) is 75.3 Å². The van der Waals surface area contributed by atoms with E-state index < -0.39 is 5.82 Å². The molecule has 4 rings (SSSR count). The van der Waals surface area contributed by atoms with Crippen LogP contribution in [0.4, 0.5) is 10.3 Å². The fourth-order valence-electron chi connectivity index (χ4n) is 2.96. The van der Waals surface area contributed by atoms with E-state index in [-0.39, 0.29) is 18.3 Å². The van der Waals surface area contributed by atoms with E-state index in [0.29, 0.717) is 22.3 Å². The highest BCUT2D eigenvalue weighted by molar-refractivity contribution is 6.33. The number of aliphatic hydroxyl groups is 1. The maximum Gasteiger partial charge on any atom is 0.223 e. The lowest BCUT2D eigenvalue weighted by atomic mass is 10.1. The van der Waals surface area contributed by atoms with E-state index in [4.69, 9.17) is 16.7 Å². The standard InChI is InChI=1S/C20H17ClFN5O/c1-12(14-6-4-13(11-28)5-7-14)25-20-24-9-16(22)18(26-20)17-10-23-19-15(21)3-2-8-27(17)19/h2-10,12,28H,11H2,1H3,(H,24,25,26)/t12-/m0/s1. The fourth-order valence-corrected chi connectivity index (χ4v) is 3.17. The smallest absolute Gasteiger partial charge is 0.223 e. The minimum atomic E-state index is -0.549. The van der Waals surface area contributed by atoms with E-state index in [1.807, 2.05) is 31.2 Å². The van der Waals surface area contributed by atoms with Crippen molar-refractivity contribution in [2.24, 2.45) is 0 Å². The monoisotopic (exact) mass is 397 g/mol. The summed E-state index contributed by atoms with van der Waals surface area (Å²) in [4.78, 5) is 12.7. The Balaban J connectivity index is 1.66. The highest BCUT2D eigenvalue weighted by Crippen LogP contribution is 2.26. The zero-order chi connectivity index (χ0) is 19.7. The van der Waals surface area contributed by atoms with Crippen molar-refractivity contribution >= 4 is 23.2 Å². The summed E-state index contributed by atoms with van der Waals surface area (Å²) in [7, 11) is 0. The molecule has 3 aromatic heterocycles. The maximum absolute atomic E-state index is 14.5. The molecule has 0 unspecified atom stereocenters. The van der Waals surface area contributed by atoms with Gasteiger partial charge in [0.2, 0.25) is 5.95 Å². The second-order valence-electron chi connectivity index (χ2n) is 6.35. The van der Waals surface area contributed by atoms with Gasteiger partial charge in [-0.15, -0.1) is 0 Å². The predicted octanol–water partition coefficient (Wildman–Crippen LogP) is 4.25. The number of halogens is 2. The van der Waals surface area contributed by atoms with Gasteiger partial charge in [-0.3, -0.25) is 4.40 Å². The number of nitrogens with one attached hydrogen (secondary N) is 1. The van der Waals surface area contributed by atoms with Crippen molar-refractivity contribution in [3.05, 3.63) is 77.0 Å². The van der Waals surface area contributed by atoms with Crippen molar-refractivity contribution in [3.8, 4) is 11.4 Å². The predicted molar refractivity (Wildman–Crippen MR) is 106 cm³/mol. The molecule has 0 radical (unpaired) electrons. The lowest BCUT2D eigenvalue weighted by Gasteiger charge is -2.15. The van der Waals surface area contributed by atoms with Crippen molar-refractivity contribution in [1.82, 2.24) is 19.4 Å². The van der Waals surface area contributed by atoms with Gasteiger partial charge in [-0.05, 0) is 30.2 Å². The number of rotatable bonds is 5. The molecule has 0 saturated carbocycles. The highest BCUT2D eigenvalue weighted by Gasteiger charge is 2.16. The van der Waals surface area contributed by atoms with Gasteiger partial charge in [0.25, 0.3) is 0 Å². The Morgan fingerprint density at radius 2 is 1.96 bits per heavy atom. The van der Waals surface area contributed by atoms with Gasteiger partial charge < -0.3 is 10.4 Å². The minimum Gasteiger partial charge on any atom is -0.392 e. The van der Waals surface area contributed by atoms with Crippen LogP contribution in [0.25, 0.3) is 17.0 Å². The zero-order valence-corrected chi connectivity index (χ0v) is 15.7. The Kier molecular flexibility index (Phi) is 4.93. The quantitative estimate of drug-likeness (QED) is 0.526. The molecule has 3 heterocycles. The lowest BCUT2D eigenvalue weighted by molar-refractivity contribution is 0.282. The average molecular weight is 398 g/mol. The first-order chi connectivity index (χ1) is 13.6. The van der Waals surface area contributed by atoms with Crippen LogP contribution in [0.15, 0.2) is 55.0 Å². The van der Waals surface area contributed by atoms with Crippen molar-refractivity contribution in [3.63, 3.8) is 0 Å². The molecule has 0 spiro atoms. The summed E-state index contributed by atoms with van der Waals surface area (Å²) < 4.78 is 16.1. The largest absolute Gasteiger partial charge is 0.392 e. The molecular formula is C20H17ClFN5O. The van der Waals surface area contributed by atoms with Crippen LogP contribution >= 0.6 is 11.6 Å². The first-order valence-corrected chi connectivity index (χ1v) is 9.05. The van der Waals surface area contributed by atoms with E-state index in [0.717, 1.165) is 17.3 Å². The molecule has 1 aromatic carbocycles. The number of aliphatic hydroxyl groups excluding tert-OH is 1. The molecule has 0 amide bonds. The van der Waals surface area contributed by atoms with Gasteiger partial charge in [0.15, 0.2) is 11.5 Å². The number of imidazole rings is 1. The molecule has 4 aromatic rings. The van der Waals surface area contributed by atoms with Crippen LogP contribution in [0.1, 0.15) is 24.1 Å². The summed E-state index contributed by atoms with van der Waals surface area (Å²) in [5, 5.41) is 12.8. The molecule has 0 aliphatic carbocycles. The summed E-state index contributed by atoms with van der Waals surface area (Å²) in [5.74, 6) is -0.251. The molecule has 1 atom stereocenters. The van der Waals surface area contributed by atoms with Gasteiger partial charge >= 0.3 is 0 Å². The molecule has 0 aliphatic heterocycles. The molecule has 8 heteroatoms. The Morgan fingerprint density at radius 3 is 2.71 bits per heavy atom. The van der Waals surface area contributed by atoms with Gasteiger partial charge in [-0.2, -0.15) is 0 Å². The molecule has 142 valence electrons. The number of benzene rings is 1. The molecular weight excluding hydrogens is 381 g/mol. The molecule has 28 heavy (non-hydrogen) atoms. The van der Waals surface area contributed by atoms with Gasteiger partial charge in [-0.1, -0.05) is 35.9 Å². The number of aromatic nitrogens is 4. The number of pyridine rings is 1. The SMILES string of the molecule is C[C@H](Nc1ncc(F)c(-c2cnc3c(Cl)cccn23)n1)c1ccc(CO)cc1. The summed E-state index contributed by atoms with van der Waals surface area (Å²) in [6.07, 6.45) is 4.42. The third-order valence-electron chi connectivity index (χ3n) is 4.48. The molecule has 2 N–H and O–H groups in total. The zero-order valence-electron chi connectivity index (χ0n) is 15.0. The van der Waals surface area contributed by atoms with Crippen LogP contribution in [-0.2, 0) is 6.61 Å². The summed E-state index contributed by atoms with van der Waals surface area (Å²) in [6.45, 7) is 1.95. The Hall–Kier alpha value is -3.03. The van der Waals surface area contributed by atoms with Gasteiger partial charge in [0.05, 0.1) is 35.8 Å². The average Bonchev–Trinajstić information content (AvgIpc) is 3.15. The Morgan fingerprint density at radius 1 is 1.18 bits per heavy atom. The summed E-state index contributed by atoms with van der Waals surface area (Å²) in [6, 6.07) is 10.9. The lowest BCUT2D eigenvalue weighted by Crippen LogP contribution is -2.10. The van der Waals surface area contributed by atoms with E-state index in [1.165, 1.54) is 6.20 Å². The molecule has 0 aliphatic rings. The first kappa shape index (κ1) is 18.3. The number of nitrogens with zero attached hydrogens (tertiary/aromatic N) is 4. The minimum absolute atomic E-state index is 0.00412. The first-order valence-electron chi connectivity index (χ1n) is 8.67. The van der Waals surface area contributed by atoms with Crippen molar-refractivity contribution in [2.45, 2.75) is 19.6 Å². The number of fused-ring (bicyclic) bond motifs is 1. The summed E-state index contributed by atoms with van der Waals surface area (Å²) in [5.41, 5.74) is 2.98. The molecule has 0 fully saturated rings. The van der Waals surface area contributed by atoms with Gasteiger partial charge in [-0.25, -0.2) is 19.3 Å². The third kappa shape index (κ3) is 3.42. The Bertz CT molecular complexity index is 1130.